The van der Waals surface area contributed by atoms with E-state index in [0.29, 0.717) is 0 Å². The van der Waals surface area contributed by atoms with Gasteiger partial charge in [0.25, 0.3) is 0 Å². The maximum atomic E-state index is 11.5. The van der Waals surface area contributed by atoms with E-state index < -0.39 is 30.8 Å². The van der Waals surface area contributed by atoms with Crippen LogP contribution in [0.25, 0.3) is 0 Å². The summed E-state index contributed by atoms with van der Waals surface area (Å²) in [6.07, 6.45) is -3.13. The van der Waals surface area contributed by atoms with E-state index in [4.69, 9.17) is 14.9 Å². The predicted octanol–water partition coefficient (Wildman–Crippen LogP) is 0.928. The Morgan fingerprint density at radius 3 is 2.42 bits per heavy atom. The molecule has 0 aliphatic heterocycles. The van der Waals surface area contributed by atoms with Gasteiger partial charge in [-0.1, -0.05) is 30.3 Å². The van der Waals surface area contributed by atoms with Crippen LogP contribution >= 0.6 is 0 Å². The molecule has 0 radical (unpaired) electrons. The fourth-order valence-corrected chi connectivity index (χ4v) is 1.38. The number of esters is 1. The van der Waals surface area contributed by atoms with Crippen LogP contribution in [0, 0.1) is 0 Å². The Hall–Kier alpha value is -1.92. The Morgan fingerprint density at radius 2 is 1.89 bits per heavy atom. The third-order valence-electron chi connectivity index (χ3n) is 2.23. The Labute approximate surface area is 110 Å². The second-order valence-corrected chi connectivity index (χ2v) is 3.91. The summed E-state index contributed by atoms with van der Waals surface area (Å²) < 4.78 is 9.62. The lowest BCUT2D eigenvalue weighted by Crippen LogP contribution is -2.31. The van der Waals surface area contributed by atoms with Gasteiger partial charge < -0.3 is 19.7 Å². The van der Waals surface area contributed by atoms with Crippen molar-refractivity contribution < 1.29 is 29.3 Å². The summed E-state index contributed by atoms with van der Waals surface area (Å²) in [4.78, 5) is 22.3. The molecular formula is C13H16O6. The second kappa shape index (κ2) is 7.50. The zero-order valence-electron chi connectivity index (χ0n) is 10.5. The standard InChI is InChI=1S/C13H16O6/c1-9(14)19-11(13(16)17)7-12(15)18-8-10-5-3-2-4-6-10/h2-6,9,11,14H,7-8H2,1H3,(H,16,17)/t9?,11-/m0/s1. The van der Waals surface area contributed by atoms with E-state index in [9.17, 15) is 9.59 Å². The highest BCUT2D eigenvalue weighted by Crippen LogP contribution is 2.06. The van der Waals surface area contributed by atoms with Crippen molar-refractivity contribution in [1.29, 1.82) is 0 Å². The summed E-state index contributed by atoms with van der Waals surface area (Å²) in [6, 6.07) is 9.02. The zero-order chi connectivity index (χ0) is 14.3. The molecule has 0 saturated heterocycles. The van der Waals surface area contributed by atoms with Crippen LogP contribution in [0.4, 0.5) is 0 Å². The molecule has 2 atom stereocenters. The number of benzene rings is 1. The first-order valence-electron chi connectivity index (χ1n) is 5.75. The maximum absolute atomic E-state index is 11.5. The largest absolute Gasteiger partial charge is 0.479 e. The monoisotopic (exact) mass is 268 g/mol. The van der Waals surface area contributed by atoms with Crippen molar-refractivity contribution in [3.05, 3.63) is 35.9 Å². The molecule has 1 aromatic carbocycles. The van der Waals surface area contributed by atoms with Gasteiger partial charge in [-0.15, -0.1) is 0 Å². The summed E-state index contributed by atoms with van der Waals surface area (Å²) in [5, 5.41) is 17.8. The van der Waals surface area contributed by atoms with Crippen LogP contribution in [0.1, 0.15) is 18.9 Å². The highest BCUT2D eigenvalue weighted by molar-refractivity contribution is 5.80. The SMILES string of the molecule is CC(O)O[C@@H](CC(=O)OCc1ccccc1)C(=O)O. The third kappa shape index (κ3) is 5.98. The molecule has 6 heteroatoms. The number of carboxylic acids is 1. The highest BCUT2D eigenvalue weighted by atomic mass is 16.6. The average Bonchev–Trinajstić information content (AvgIpc) is 2.36. The molecule has 0 aliphatic rings. The van der Waals surface area contributed by atoms with Crippen LogP contribution in [0.2, 0.25) is 0 Å². The van der Waals surface area contributed by atoms with Gasteiger partial charge in [-0.2, -0.15) is 0 Å². The summed E-state index contributed by atoms with van der Waals surface area (Å²) in [6.45, 7) is 1.34. The van der Waals surface area contributed by atoms with Crippen molar-refractivity contribution in [2.75, 3.05) is 0 Å². The molecule has 0 saturated carbocycles. The molecule has 6 nitrogen and oxygen atoms in total. The number of ether oxygens (including phenoxy) is 2. The second-order valence-electron chi connectivity index (χ2n) is 3.91. The van der Waals surface area contributed by atoms with Gasteiger partial charge in [0.15, 0.2) is 12.4 Å². The molecule has 0 aromatic heterocycles. The van der Waals surface area contributed by atoms with E-state index in [-0.39, 0.29) is 6.61 Å². The fourth-order valence-electron chi connectivity index (χ4n) is 1.38. The topological polar surface area (TPSA) is 93.1 Å². The van der Waals surface area contributed by atoms with E-state index in [2.05, 4.69) is 4.74 Å². The maximum Gasteiger partial charge on any atom is 0.333 e. The quantitative estimate of drug-likeness (QED) is 0.564. The molecule has 104 valence electrons. The number of aliphatic carboxylic acids is 1. The normalized spacial score (nSPS) is 13.6. The van der Waals surface area contributed by atoms with Crippen molar-refractivity contribution in [1.82, 2.24) is 0 Å². The minimum Gasteiger partial charge on any atom is -0.479 e. The fraction of sp³-hybridized carbons (Fsp3) is 0.385. The molecule has 2 N–H and O–H groups in total. The highest BCUT2D eigenvalue weighted by Gasteiger charge is 2.24. The van der Waals surface area contributed by atoms with Gasteiger partial charge in [-0.25, -0.2) is 4.79 Å². The molecule has 0 spiro atoms. The Kier molecular flexibility index (Phi) is 5.98. The molecule has 0 amide bonds. The van der Waals surface area contributed by atoms with E-state index in [1.54, 1.807) is 24.3 Å². The van der Waals surface area contributed by atoms with E-state index >= 15 is 0 Å². The zero-order valence-corrected chi connectivity index (χ0v) is 10.5. The number of carbonyl (C=O) groups is 2. The molecule has 0 aliphatic carbocycles. The first kappa shape index (κ1) is 15.1. The van der Waals surface area contributed by atoms with Gasteiger partial charge in [0.1, 0.15) is 6.61 Å². The van der Waals surface area contributed by atoms with Crippen LogP contribution in [0.5, 0.6) is 0 Å². The van der Waals surface area contributed by atoms with Gasteiger partial charge in [-0.05, 0) is 12.5 Å². The number of rotatable bonds is 7. The van der Waals surface area contributed by atoms with Crippen LogP contribution < -0.4 is 0 Å². The lowest BCUT2D eigenvalue weighted by molar-refractivity contribution is -0.178. The molecule has 0 bridgehead atoms. The number of carboxylic acid groups (broad SMARTS) is 1. The predicted molar refractivity (Wildman–Crippen MR) is 65.0 cm³/mol. The summed E-state index contributed by atoms with van der Waals surface area (Å²) in [5.41, 5.74) is 0.805. The minimum absolute atomic E-state index is 0.0701. The lowest BCUT2D eigenvalue weighted by atomic mass is 10.2. The van der Waals surface area contributed by atoms with Crippen LogP contribution in [0.3, 0.4) is 0 Å². The Morgan fingerprint density at radius 1 is 1.26 bits per heavy atom. The minimum atomic E-state index is -1.41. The number of hydrogen-bond donors (Lipinski definition) is 2. The number of carbonyl (C=O) groups excluding carboxylic acids is 1. The number of aliphatic hydroxyl groups excluding tert-OH is 1. The van der Waals surface area contributed by atoms with Gasteiger partial charge in [0, 0.05) is 0 Å². The van der Waals surface area contributed by atoms with E-state index in [0.717, 1.165) is 5.56 Å². The summed E-state index contributed by atoms with van der Waals surface area (Å²) in [5.74, 6) is -2.02. The lowest BCUT2D eigenvalue weighted by Gasteiger charge is -2.14. The van der Waals surface area contributed by atoms with Crippen molar-refractivity contribution in [3.8, 4) is 0 Å². The van der Waals surface area contributed by atoms with Crippen molar-refractivity contribution in [2.24, 2.45) is 0 Å². The summed E-state index contributed by atoms with van der Waals surface area (Å²) in [7, 11) is 0. The third-order valence-corrected chi connectivity index (χ3v) is 2.23. The van der Waals surface area contributed by atoms with Crippen molar-refractivity contribution in [3.63, 3.8) is 0 Å². The number of aliphatic hydroxyl groups is 1. The first-order chi connectivity index (χ1) is 8.99. The van der Waals surface area contributed by atoms with Gasteiger partial charge >= 0.3 is 11.9 Å². The molecule has 0 heterocycles. The molecule has 0 fully saturated rings. The average molecular weight is 268 g/mol. The van der Waals surface area contributed by atoms with Crippen molar-refractivity contribution in [2.45, 2.75) is 32.3 Å². The van der Waals surface area contributed by atoms with E-state index in [1.807, 2.05) is 6.07 Å². The van der Waals surface area contributed by atoms with E-state index in [1.165, 1.54) is 6.92 Å². The van der Waals surface area contributed by atoms with Gasteiger partial charge in [-0.3, -0.25) is 4.79 Å². The summed E-state index contributed by atoms with van der Waals surface area (Å²) >= 11 is 0. The molecule has 19 heavy (non-hydrogen) atoms. The first-order valence-corrected chi connectivity index (χ1v) is 5.75. The molecule has 1 unspecified atom stereocenters. The molecular weight excluding hydrogens is 252 g/mol. The Bertz CT molecular complexity index is 414. The van der Waals surface area contributed by atoms with Gasteiger partial charge in [0.2, 0.25) is 0 Å². The van der Waals surface area contributed by atoms with Crippen molar-refractivity contribution >= 4 is 11.9 Å². The van der Waals surface area contributed by atoms with Crippen LogP contribution in [-0.2, 0) is 25.7 Å². The van der Waals surface area contributed by atoms with Crippen LogP contribution in [0.15, 0.2) is 30.3 Å². The smallest absolute Gasteiger partial charge is 0.333 e. The molecule has 1 aromatic rings. The van der Waals surface area contributed by atoms with Gasteiger partial charge in [0.05, 0.1) is 6.42 Å². The number of hydrogen-bond acceptors (Lipinski definition) is 5. The molecule has 1 rings (SSSR count). The van der Waals surface area contributed by atoms with Crippen LogP contribution in [-0.4, -0.2) is 34.5 Å². The Balaban J connectivity index is 2.42.